The number of ether oxygens (including phenoxy) is 2. The zero-order valence-electron chi connectivity index (χ0n) is 21.8. The Labute approximate surface area is 231 Å². The smallest absolute Gasteiger partial charge is 0.282 e. The molecule has 0 bridgehead atoms. The molecule has 1 aliphatic carbocycles. The quantitative estimate of drug-likeness (QED) is 0.206. The normalized spacial score (nSPS) is 14.3. The van der Waals surface area contributed by atoms with E-state index in [1.165, 1.54) is 16.7 Å². The third kappa shape index (κ3) is 5.83. The Kier molecular flexibility index (Phi) is 8.23. The Hall–Kier alpha value is -3.45. The minimum atomic E-state index is -0.144. The number of benzene rings is 3. The number of para-hydroxylation sites is 1. The first-order chi connectivity index (χ1) is 18.5. The number of aromatic nitrogens is 2. The average Bonchev–Trinajstić information content (AvgIpc) is 2.93. The van der Waals surface area contributed by atoms with Crippen molar-refractivity contribution in [2.75, 3.05) is 6.61 Å². The Bertz CT molecular complexity index is 1520. The van der Waals surface area contributed by atoms with Gasteiger partial charge >= 0.3 is 0 Å². The fourth-order valence-corrected chi connectivity index (χ4v) is 5.60. The molecule has 5 rings (SSSR count). The average molecular weight is 575 g/mol. The summed E-state index contributed by atoms with van der Waals surface area (Å²) in [5.74, 6) is 2.22. The van der Waals surface area contributed by atoms with Crippen LogP contribution in [-0.2, 0) is 6.61 Å². The fourth-order valence-electron chi connectivity index (χ4n) is 5.02. The van der Waals surface area contributed by atoms with Crippen molar-refractivity contribution in [2.45, 2.75) is 58.5 Å². The van der Waals surface area contributed by atoms with Gasteiger partial charge in [-0.05, 0) is 78.0 Å². The number of hydrogen-bond acceptors (Lipinski definition) is 5. The minimum absolute atomic E-state index is 0.144. The Balaban J connectivity index is 1.49. The summed E-state index contributed by atoms with van der Waals surface area (Å²) in [5.41, 5.74) is 3.64. The third-order valence-corrected chi connectivity index (χ3v) is 7.46. The molecular formula is C31H32BrN3O3. The van der Waals surface area contributed by atoms with Crippen molar-refractivity contribution < 1.29 is 9.47 Å². The second kappa shape index (κ2) is 11.9. The molecule has 1 fully saturated rings. The first-order valence-electron chi connectivity index (χ1n) is 13.2. The summed E-state index contributed by atoms with van der Waals surface area (Å²) in [6, 6.07) is 19.6. The summed E-state index contributed by atoms with van der Waals surface area (Å²) in [6.07, 6.45) is 7.25. The predicted molar refractivity (Wildman–Crippen MR) is 156 cm³/mol. The van der Waals surface area contributed by atoms with Gasteiger partial charge in [0.1, 0.15) is 12.4 Å². The van der Waals surface area contributed by atoms with Gasteiger partial charge in [-0.15, -0.1) is 0 Å². The van der Waals surface area contributed by atoms with E-state index in [-0.39, 0.29) is 11.5 Å². The van der Waals surface area contributed by atoms with Gasteiger partial charge in [0.05, 0.1) is 28.2 Å². The molecule has 0 unspecified atom stereocenters. The summed E-state index contributed by atoms with van der Waals surface area (Å²) >= 11 is 3.66. The summed E-state index contributed by atoms with van der Waals surface area (Å²) in [5, 5.41) is 5.25. The van der Waals surface area contributed by atoms with E-state index < -0.39 is 0 Å². The molecule has 38 heavy (non-hydrogen) atoms. The van der Waals surface area contributed by atoms with Crippen molar-refractivity contribution in [2.24, 2.45) is 5.10 Å². The van der Waals surface area contributed by atoms with Gasteiger partial charge in [0.15, 0.2) is 11.5 Å². The molecule has 7 heteroatoms. The molecule has 0 atom stereocenters. The summed E-state index contributed by atoms with van der Waals surface area (Å²) in [7, 11) is 0. The number of hydrogen-bond donors (Lipinski definition) is 0. The number of fused-ring (bicyclic) bond motifs is 1. The predicted octanol–water partition coefficient (Wildman–Crippen LogP) is 7.38. The van der Waals surface area contributed by atoms with E-state index in [1.807, 2.05) is 55.5 Å². The lowest BCUT2D eigenvalue weighted by molar-refractivity contribution is 0.267. The monoisotopic (exact) mass is 573 g/mol. The fraction of sp³-hybridized carbons (Fsp3) is 0.323. The Morgan fingerprint density at radius 2 is 1.87 bits per heavy atom. The highest BCUT2D eigenvalue weighted by Gasteiger charge is 2.22. The second-order valence-corrected chi connectivity index (χ2v) is 10.6. The lowest BCUT2D eigenvalue weighted by atomic mass is 9.88. The number of rotatable bonds is 8. The zero-order valence-corrected chi connectivity index (χ0v) is 23.4. The van der Waals surface area contributed by atoms with Crippen LogP contribution in [0.3, 0.4) is 0 Å². The van der Waals surface area contributed by atoms with E-state index in [0.717, 1.165) is 52.6 Å². The zero-order chi connectivity index (χ0) is 26.5. The largest absolute Gasteiger partial charge is 0.490 e. The molecule has 196 valence electrons. The first kappa shape index (κ1) is 26.2. The van der Waals surface area contributed by atoms with E-state index in [0.29, 0.717) is 30.1 Å². The highest BCUT2D eigenvalue weighted by atomic mass is 79.9. The lowest BCUT2D eigenvalue weighted by Gasteiger charge is -2.22. The number of halogens is 1. The maximum atomic E-state index is 13.5. The minimum Gasteiger partial charge on any atom is -0.490 e. The maximum Gasteiger partial charge on any atom is 0.282 e. The van der Waals surface area contributed by atoms with Gasteiger partial charge in [-0.25, -0.2) is 4.98 Å². The van der Waals surface area contributed by atoms with Crippen LogP contribution in [0.4, 0.5) is 0 Å². The summed E-state index contributed by atoms with van der Waals surface area (Å²) in [6.45, 7) is 4.93. The van der Waals surface area contributed by atoms with Crippen molar-refractivity contribution in [3.63, 3.8) is 0 Å². The molecule has 1 saturated carbocycles. The van der Waals surface area contributed by atoms with Gasteiger partial charge in [-0.1, -0.05) is 61.2 Å². The van der Waals surface area contributed by atoms with Gasteiger partial charge in [-0.2, -0.15) is 9.78 Å². The van der Waals surface area contributed by atoms with Crippen LogP contribution in [0.1, 0.15) is 67.5 Å². The van der Waals surface area contributed by atoms with Crippen molar-refractivity contribution in [1.29, 1.82) is 0 Å². The molecular weight excluding hydrogens is 542 g/mol. The first-order valence-corrected chi connectivity index (χ1v) is 14.0. The Morgan fingerprint density at radius 1 is 1.05 bits per heavy atom. The van der Waals surface area contributed by atoms with Crippen molar-refractivity contribution in [1.82, 2.24) is 9.66 Å². The highest BCUT2D eigenvalue weighted by Crippen LogP contribution is 2.37. The van der Waals surface area contributed by atoms with Crippen LogP contribution in [0.5, 0.6) is 11.5 Å². The second-order valence-electron chi connectivity index (χ2n) is 9.72. The number of nitrogens with zero attached hydrogens (tertiary/aromatic N) is 3. The standard InChI is InChI=1S/C31H32BrN3O3/c1-3-37-28-18-23(17-26(32)29(28)38-20-22-11-9-10-21(2)16-22)19-33-35-30(24-12-5-4-6-13-24)34-27-15-8-7-14-25(27)31(35)36/h7-11,14-19,24H,3-6,12-13,20H2,1-2H3. The van der Waals surface area contributed by atoms with Crippen LogP contribution in [0.15, 0.2) is 75.0 Å². The van der Waals surface area contributed by atoms with E-state index in [2.05, 4.69) is 40.1 Å². The molecule has 0 spiro atoms. The van der Waals surface area contributed by atoms with Crippen LogP contribution in [0, 0.1) is 6.92 Å². The highest BCUT2D eigenvalue weighted by molar-refractivity contribution is 9.10. The van der Waals surface area contributed by atoms with Gasteiger partial charge in [0.25, 0.3) is 5.56 Å². The van der Waals surface area contributed by atoms with Crippen LogP contribution < -0.4 is 15.0 Å². The van der Waals surface area contributed by atoms with Gasteiger partial charge in [0.2, 0.25) is 0 Å². The number of aryl methyl sites for hydroxylation is 1. The molecule has 0 radical (unpaired) electrons. The van der Waals surface area contributed by atoms with Crippen LogP contribution >= 0.6 is 15.9 Å². The van der Waals surface area contributed by atoms with Crippen molar-refractivity contribution in [3.8, 4) is 11.5 Å². The summed E-state index contributed by atoms with van der Waals surface area (Å²) in [4.78, 5) is 18.4. The van der Waals surface area contributed by atoms with Crippen molar-refractivity contribution >= 4 is 33.0 Å². The molecule has 0 amide bonds. The molecule has 0 saturated heterocycles. The lowest BCUT2D eigenvalue weighted by Crippen LogP contribution is -2.25. The van der Waals surface area contributed by atoms with Crippen LogP contribution in [0.25, 0.3) is 10.9 Å². The molecule has 1 aliphatic rings. The van der Waals surface area contributed by atoms with Gasteiger partial charge in [0, 0.05) is 5.92 Å². The molecule has 0 aliphatic heterocycles. The molecule has 0 N–H and O–H groups in total. The molecule has 4 aromatic rings. The van der Waals surface area contributed by atoms with E-state index in [4.69, 9.17) is 14.5 Å². The maximum absolute atomic E-state index is 13.5. The van der Waals surface area contributed by atoms with E-state index >= 15 is 0 Å². The van der Waals surface area contributed by atoms with Gasteiger partial charge in [-0.3, -0.25) is 4.79 Å². The topological polar surface area (TPSA) is 65.7 Å². The van der Waals surface area contributed by atoms with E-state index in [1.54, 1.807) is 6.21 Å². The van der Waals surface area contributed by atoms with Crippen LogP contribution in [0.2, 0.25) is 0 Å². The Morgan fingerprint density at radius 3 is 2.66 bits per heavy atom. The van der Waals surface area contributed by atoms with Gasteiger partial charge < -0.3 is 9.47 Å². The summed E-state index contributed by atoms with van der Waals surface area (Å²) < 4.78 is 14.3. The molecule has 6 nitrogen and oxygen atoms in total. The third-order valence-electron chi connectivity index (χ3n) is 6.87. The van der Waals surface area contributed by atoms with Crippen molar-refractivity contribution in [3.05, 3.63) is 98.0 Å². The van der Waals surface area contributed by atoms with Crippen LogP contribution in [-0.4, -0.2) is 22.5 Å². The molecule has 3 aromatic carbocycles. The van der Waals surface area contributed by atoms with E-state index in [9.17, 15) is 4.79 Å². The molecule has 1 heterocycles. The molecule has 1 aromatic heterocycles. The SMILES string of the molecule is CCOc1cc(C=Nn2c(C3CCCCC3)nc3ccccc3c2=O)cc(Br)c1OCc1cccc(C)c1.